The van der Waals surface area contributed by atoms with Gasteiger partial charge in [-0.1, -0.05) is 6.92 Å². The average Bonchev–Trinajstić information content (AvgIpc) is 2.43. The molecule has 0 saturated carbocycles. The van der Waals surface area contributed by atoms with E-state index >= 15 is 0 Å². The molecular formula is C9H14N2S. The van der Waals surface area contributed by atoms with E-state index in [-0.39, 0.29) is 0 Å². The number of rotatable bonds is 1. The molecule has 0 N–H and O–H groups in total. The number of aryl methyl sites for hydroxylation is 1. The van der Waals surface area contributed by atoms with Gasteiger partial charge in [-0.15, -0.1) is 11.3 Å². The van der Waals surface area contributed by atoms with E-state index in [0.717, 1.165) is 13.1 Å². The molecule has 66 valence electrons. The van der Waals surface area contributed by atoms with Crippen LogP contribution in [0, 0.1) is 6.92 Å². The highest BCUT2D eigenvalue weighted by Gasteiger charge is 2.17. The number of hydrogen-bond donors (Lipinski definition) is 0. The number of nitrogens with zero attached hydrogens (tertiary/aromatic N) is 2. The van der Waals surface area contributed by atoms with Gasteiger partial charge in [0.2, 0.25) is 0 Å². The van der Waals surface area contributed by atoms with Gasteiger partial charge in [-0.05, 0) is 19.9 Å². The summed E-state index contributed by atoms with van der Waals surface area (Å²) < 4.78 is 0. The van der Waals surface area contributed by atoms with Gasteiger partial charge in [0.25, 0.3) is 0 Å². The van der Waals surface area contributed by atoms with Gasteiger partial charge < -0.3 is 0 Å². The summed E-state index contributed by atoms with van der Waals surface area (Å²) >= 11 is 1.86. The molecule has 0 bridgehead atoms. The zero-order valence-corrected chi connectivity index (χ0v) is 8.45. The molecule has 0 radical (unpaired) electrons. The van der Waals surface area contributed by atoms with Crippen molar-refractivity contribution in [2.45, 2.75) is 26.8 Å². The van der Waals surface area contributed by atoms with E-state index in [1.807, 2.05) is 11.3 Å². The number of aromatic nitrogens is 1. The van der Waals surface area contributed by atoms with Crippen LogP contribution < -0.4 is 0 Å². The molecule has 0 amide bonds. The van der Waals surface area contributed by atoms with Gasteiger partial charge in [0, 0.05) is 18.0 Å². The monoisotopic (exact) mass is 182 g/mol. The smallest absolute Gasteiger partial charge is 0.0900 e. The molecule has 0 unspecified atom stereocenters. The lowest BCUT2D eigenvalue weighted by Gasteiger charge is -2.23. The lowest BCUT2D eigenvalue weighted by Crippen LogP contribution is -2.29. The maximum Gasteiger partial charge on any atom is 0.0900 e. The fourth-order valence-corrected chi connectivity index (χ4v) is 2.59. The first-order chi connectivity index (χ1) is 5.79. The summed E-state index contributed by atoms with van der Waals surface area (Å²) in [5, 5.41) is 1.22. The fourth-order valence-electron chi connectivity index (χ4n) is 1.65. The molecule has 1 aliphatic rings. The van der Waals surface area contributed by atoms with Gasteiger partial charge in [-0.25, -0.2) is 4.98 Å². The number of thiazole rings is 1. The first-order valence-corrected chi connectivity index (χ1v) is 5.28. The average molecular weight is 182 g/mol. The summed E-state index contributed by atoms with van der Waals surface area (Å²) in [5.41, 5.74) is 1.32. The van der Waals surface area contributed by atoms with Crippen LogP contribution in [0.3, 0.4) is 0 Å². The van der Waals surface area contributed by atoms with Gasteiger partial charge in [-0.2, -0.15) is 0 Å². The number of likely N-dealkylation sites (N-methyl/N-ethyl adjacent to an activating group) is 1. The summed E-state index contributed by atoms with van der Waals surface area (Å²) in [6, 6.07) is 0. The molecule has 0 spiro atoms. The Bertz CT molecular complexity index is 280. The van der Waals surface area contributed by atoms with Gasteiger partial charge in [0.05, 0.1) is 10.7 Å². The normalized spacial score (nSPS) is 17.8. The van der Waals surface area contributed by atoms with Crippen LogP contribution >= 0.6 is 11.3 Å². The summed E-state index contributed by atoms with van der Waals surface area (Å²) in [6.45, 7) is 7.74. The van der Waals surface area contributed by atoms with Gasteiger partial charge in [0.15, 0.2) is 0 Å². The number of fused-ring (bicyclic) bond motifs is 1. The van der Waals surface area contributed by atoms with Gasteiger partial charge in [-0.3, -0.25) is 4.90 Å². The Morgan fingerprint density at radius 2 is 2.42 bits per heavy atom. The molecule has 1 aromatic rings. The number of hydrogen-bond acceptors (Lipinski definition) is 3. The first-order valence-electron chi connectivity index (χ1n) is 4.47. The molecule has 0 saturated heterocycles. The standard InChI is InChI=1S/C9H14N2S/c1-3-11-5-4-9-8(6-11)10-7(2)12-9/h3-6H2,1-2H3. The van der Waals surface area contributed by atoms with Gasteiger partial charge in [0.1, 0.15) is 0 Å². The molecule has 0 aromatic carbocycles. The third-order valence-electron chi connectivity index (χ3n) is 2.36. The lowest BCUT2D eigenvalue weighted by atomic mass is 10.2. The maximum atomic E-state index is 4.53. The Balaban J connectivity index is 2.22. The minimum absolute atomic E-state index is 1.07. The molecule has 3 heteroatoms. The molecule has 12 heavy (non-hydrogen) atoms. The Hall–Kier alpha value is -0.410. The van der Waals surface area contributed by atoms with Crippen molar-refractivity contribution in [2.75, 3.05) is 13.1 Å². The second-order valence-corrected chi connectivity index (χ2v) is 4.51. The maximum absolute atomic E-state index is 4.53. The van der Waals surface area contributed by atoms with E-state index in [2.05, 4.69) is 23.7 Å². The summed E-state index contributed by atoms with van der Waals surface area (Å²) in [5.74, 6) is 0. The molecule has 0 atom stereocenters. The Labute approximate surface area is 77.2 Å². The van der Waals surface area contributed by atoms with E-state index in [1.165, 1.54) is 28.5 Å². The van der Waals surface area contributed by atoms with Crippen molar-refractivity contribution in [2.24, 2.45) is 0 Å². The third kappa shape index (κ3) is 1.39. The zero-order valence-electron chi connectivity index (χ0n) is 7.63. The highest BCUT2D eigenvalue weighted by Crippen LogP contribution is 2.23. The van der Waals surface area contributed by atoms with Crippen molar-refractivity contribution in [1.29, 1.82) is 0 Å². The van der Waals surface area contributed by atoms with Crippen molar-refractivity contribution in [3.05, 3.63) is 15.6 Å². The van der Waals surface area contributed by atoms with E-state index in [4.69, 9.17) is 0 Å². The minimum atomic E-state index is 1.07. The Kier molecular flexibility index (Phi) is 2.15. The summed E-state index contributed by atoms with van der Waals surface area (Å²) in [7, 11) is 0. The van der Waals surface area contributed by atoms with Crippen LogP contribution in [0.5, 0.6) is 0 Å². The quantitative estimate of drug-likeness (QED) is 0.658. The second kappa shape index (κ2) is 3.15. The van der Waals surface area contributed by atoms with Crippen LogP contribution in [0.1, 0.15) is 22.5 Å². The molecule has 2 heterocycles. The summed E-state index contributed by atoms with van der Waals surface area (Å²) in [4.78, 5) is 8.48. The highest BCUT2D eigenvalue weighted by molar-refractivity contribution is 7.11. The van der Waals surface area contributed by atoms with Crippen LogP contribution in [0.25, 0.3) is 0 Å². The predicted molar refractivity (Wildman–Crippen MR) is 51.5 cm³/mol. The largest absolute Gasteiger partial charge is 0.297 e. The molecule has 0 fully saturated rings. The van der Waals surface area contributed by atoms with Crippen molar-refractivity contribution < 1.29 is 0 Å². The molecular weight excluding hydrogens is 168 g/mol. The van der Waals surface area contributed by atoms with Crippen molar-refractivity contribution >= 4 is 11.3 Å². The highest BCUT2D eigenvalue weighted by atomic mass is 32.1. The Morgan fingerprint density at radius 3 is 3.17 bits per heavy atom. The van der Waals surface area contributed by atoms with Gasteiger partial charge >= 0.3 is 0 Å². The topological polar surface area (TPSA) is 16.1 Å². The molecule has 2 nitrogen and oxygen atoms in total. The van der Waals surface area contributed by atoms with Crippen molar-refractivity contribution in [1.82, 2.24) is 9.88 Å². The van der Waals surface area contributed by atoms with Crippen LogP contribution in [0.15, 0.2) is 0 Å². The van der Waals surface area contributed by atoms with E-state index in [0.29, 0.717) is 0 Å². The second-order valence-electron chi connectivity index (χ2n) is 3.22. The zero-order chi connectivity index (χ0) is 8.55. The van der Waals surface area contributed by atoms with Crippen LogP contribution in [0.4, 0.5) is 0 Å². The predicted octanol–water partition coefficient (Wildman–Crippen LogP) is 1.83. The van der Waals surface area contributed by atoms with E-state index < -0.39 is 0 Å². The molecule has 1 aliphatic heterocycles. The van der Waals surface area contributed by atoms with Crippen LogP contribution in [-0.4, -0.2) is 23.0 Å². The first kappa shape index (κ1) is 8.20. The SMILES string of the molecule is CCN1CCc2sc(C)nc2C1. The van der Waals surface area contributed by atoms with Crippen molar-refractivity contribution in [3.8, 4) is 0 Å². The molecule has 1 aromatic heterocycles. The van der Waals surface area contributed by atoms with Crippen LogP contribution in [0.2, 0.25) is 0 Å². The summed E-state index contributed by atoms with van der Waals surface area (Å²) in [6.07, 6.45) is 1.20. The van der Waals surface area contributed by atoms with Crippen molar-refractivity contribution in [3.63, 3.8) is 0 Å². The van der Waals surface area contributed by atoms with Crippen LogP contribution in [-0.2, 0) is 13.0 Å². The fraction of sp³-hybridized carbons (Fsp3) is 0.667. The van der Waals surface area contributed by atoms with E-state index in [9.17, 15) is 0 Å². The minimum Gasteiger partial charge on any atom is -0.297 e. The molecule has 2 rings (SSSR count). The lowest BCUT2D eigenvalue weighted by molar-refractivity contribution is 0.266. The van der Waals surface area contributed by atoms with E-state index in [1.54, 1.807) is 0 Å². The molecule has 0 aliphatic carbocycles. The Morgan fingerprint density at radius 1 is 1.58 bits per heavy atom. The third-order valence-corrected chi connectivity index (χ3v) is 3.43.